The highest BCUT2D eigenvalue weighted by atomic mass is 35.5. The van der Waals surface area contributed by atoms with Gasteiger partial charge in [-0.1, -0.05) is 23.2 Å². The molecule has 0 spiro atoms. The SMILES string of the molecule is Nc1cc(Cl)c(-n2ncc3c2ccc(=O)n3C2CC2)c(Cl)c1. The van der Waals surface area contributed by atoms with Crippen LogP contribution in [-0.2, 0) is 0 Å². The second-order valence-electron chi connectivity index (χ2n) is 5.43. The average Bonchev–Trinajstić information content (AvgIpc) is 3.19. The lowest BCUT2D eigenvalue weighted by Crippen LogP contribution is -2.17. The second kappa shape index (κ2) is 4.76. The number of hydrogen-bond acceptors (Lipinski definition) is 3. The summed E-state index contributed by atoms with van der Waals surface area (Å²) in [6, 6.07) is 6.83. The van der Waals surface area contributed by atoms with Gasteiger partial charge in [-0.2, -0.15) is 5.10 Å². The monoisotopic (exact) mass is 334 g/mol. The lowest BCUT2D eigenvalue weighted by atomic mass is 10.2. The Morgan fingerprint density at radius 3 is 2.45 bits per heavy atom. The normalized spacial score (nSPS) is 14.6. The van der Waals surface area contributed by atoms with E-state index in [-0.39, 0.29) is 11.6 Å². The molecule has 0 amide bonds. The zero-order valence-electron chi connectivity index (χ0n) is 11.5. The lowest BCUT2D eigenvalue weighted by Gasteiger charge is -2.10. The van der Waals surface area contributed by atoms with E-state index in [4.69, 9.17) is 28.9 Å². The van der Waals surface area contributed by atoms with Crippen molar-refractivity contribution in [3.8, 4) is 5.69 Å². The van der Waals surface area contributed by atoms with Gasteiger partial charge in [-0.05, 0) is 31.0 Å². The van der Waals surface area contributed by atoms with E-state index >= 15 is 0 Å². The van der Waals surface area contributed by atoms with Gasteiger partial charge in [-0.3, -0.25) is 4.79 Å². The molecule has 0 saturated heterocycles. The molecule has 2 heterocycles. The van der Waals surface area contributed by atoms with E-state index in [2.05, 4.69) is 5.10 Å². The fourth-order valence-corrected chi connectivity index (χ4v) is 3.38. The van der Waals surface area contributed by atoms with Crippen LogP contribution in [-0.4, -0.2) is 14.3 Å². The van der Waals surface area contributed by atoms with Gasteiger partial charge in [-0.15, -0.1) is 0 Å². The van der Waals surface area contributed by atoms with Gasteiger partial charge in [0.15, 0.2) is 0 Å². The van der Waals surface area contributed by atoms with Crippen LogP contribution < -0.4 is 11.3 Å². The highest BCUT2D eigenvalue weighted by molar-refractivity contribution is 6.38. The molecule has 5 nitrogen and oxygen atoms in total. The zero-order valence-corrected chi connectivity index (χ0v) is 13.0. The van der Waals surface area contributed by atoms with Crippen molar-refractivity contribution in [1.82, 2.24) is 14.3 Å². The van der Waals surface area contributed by atoms with Crippen molar-refractivity contribution in [3.05, 3.63) is 50.9 Å². The Balaban J connectivity index is 2.02. The molecule has 0 aliphatic heterocycles. The van der Waals surface area contributed by atoms with Crippen molar-refractivity contribution in [2.24, 2.45) is 0 Å². The molecule has 1 saturated carbocycles. The molecule has 1 aliphatic rings. The summed E-state index contributed by atoms with van der Waals surface area (Å²) >= 11 is 12.6. The predicted octanol–water partition coefficient (Wildman–Crippen LogP) is 3.41. The number of anilines is 1. The number of nitrogens with two attached hydrogens (primary N) is 1. The van der Waals surface area contributed by atoms with Gasteiger partial charge in [0, 0.05) is 17.8 Å². The molecule has 22 heavy (non-hydrogen) atoms. The van der Waals surface area contributed by atoms with Crippen LogP contribution in [0.15, 0.2) is 35.3 Å². The number of aromatic nitrogens is 3. The van der Waals surface area contributed by atoms with Gasteiger partial charge >= 0.3 is 0 Å². The van der Waals surface area contributed by atoms with Gasteiger partial charge in [0.1, 0.15) is 5.69 Å². The van der Waals surface area contributed by atoms with E-state index in [1.165, 1.54) is 0 Å². The number of benzene rings is 1. The van der Waals surface area contributed by atoms with Crippen molar-refractivity contribution in [2.45, 2.75) is 18.9 Å². The Morgan fingerprint density at radius 2 is 1.82 bits per heavy atom. The van der Waals surface area contributed by atoms with Crippen molar-refractivity contribution in [1.29, 1.82) is 0 Å². The van der Waals surface area contributed by atoms with Crippen LogP contribution in [0.25, 0.3) is 16.7 Å². The topological polar surface area (TPSA) is 65.8 Å². The minimum Gasteiger partial charge on any atom is -0.399 e. The first-order chi connectivity index (χ1) is 10.6. The molecule has 1 aromatic carbocycles. The maximum Gasteiger partial charge on any atom is 0.251 e. The molecule has 3 aromatic rings. The summed E-state index contributed by atoms with van der Waals surface area (Å²) < 4.78 is 3.44. The summed E-state index contributed by atoms with van der Waals surface area (Å²) in [5.74, 6) is 0. The van der Waals surface area contributed by atoms with E-state index < -0.39 is 0 Å². The molecule has 0 unspecified atom stereocenters. The predicted molar refractivity (Wildman–Crippen MR) is 88.0 cm³/mol. The van der Waals surface area contributed by atoms with Crippen LogP contribution in [0, 0.1) is 0 Å². The van der Waals surface area contributed by atoms with Gasteiger partial charge in [0.05, 0.1) is 27.3 Å². The van der Waals surface area contributed by atoms with Gasteiger partial charge in [-0.25, -0.2) is 4.68 Å². The Labute approximate surface area is 135 Å². The van der Waals surface area contributed by atoms with E-state index in [9.17, 15) is 4.79 Å². The Morgan fingerprint density at radius 1 is 1.14 bits per heavy atom. The van der Waals surface area contributed by atoms with E-state index in [0.29, 0.717) is 21.4 Å². The van der Waals surface area contributed by atoms with Gasteiger partial charge in [0.2, 0.25) is 0 Å². The molecule has 0 atom stereocenters. The minimum atomic E-state index is -0.0101. The van der Waals surface area contributed by atoms with Crippen molar-refractivity contribution < 1.29 is 0 Å². The summed E-state index contributed by atoms with van der Waals surface area (Å²) in [5, 5.41) is 5.21. The molecular weight excluding hydrogens is 323 g/mol. The fourth-order valence-electron chi connectivity index (χ4n) is 2.72. The number of nitrogens with zero attached hydrogens (tertiary/aromatic N) is 3. The first-order valence-corrected chi connectivity index (χ1v) is 7.66. The Hall–Kier alpha value is -1.98. The third kappa shape index (κ3) is 2.01. The highest BCUT2D eigenvalue weighted by Crippen LogP contribution is 2.37. The number of rotatable bonds is 2. The van der Waals surface area contributed by atoms with Crippen LogP contribution in [0.3, 0.4) is 0 Å². The van der Waals surface area contributed by atoms with Crippen LogP contribution in [0.5, 0.6) is 0 Å². The standard InChI is InChI=1S/C15H12Cl2N4O/c16-10-5-8(18)6-11(17)15(10)21-12-3-4-14(22)20(9-1-2-9)13(12)7-19-21/h3-7,9H,1-2,18H2. The van der Waals surface area contributed by atoms with Crippen LogP contribution in [0.4, 0.5) is 5.69 Å². The number of pyridine rings is 1. The molecule has 4 rings (SSSR count). The van der Waals surface area contributed by atoms with Crippen molar-refractivity contribution in [3.63, 3.8) is 0 Å². The van der Waals surface area contributed by atoms with E-state index in [1.54, 1.807) is 39.7 Å². The molecule has 1 aliphatic carbocycles. The third-order valence-corrected chi connectivity index (χ3v) is 4.41. The Bertz CT molecular complexity index is 933. The molecule has 0 bridgehead atoms. The molecule has 1 fully saturated rings. The zero-order chi connectivity index (χ0) is 15.4. The summed E-state index contributed by atoms with van der Waals surface area (Å²) in [6.07, 6.45) is 3.72. The number of halogens is 2. The van der Waals surface area contributed by atoms with Crippen molar-refractivity contribution in [2.75, 3.05) is 5.73 Å². The van der Waals surface area contributed by atoms with Crippen LogP contribution in [0.1, 0.15) is 18.9 Å². The number of nitrogen functional groups attached to an aromatic ring is 1. The molecular formula is C15H12Cl2N4O. The second-order valence-corrected chi connectivity index (χ2v) is 6.25. The maximum absolute atomic E-state index is 12.1. The van der Waals surface area contributed by atoms with Crippen LogP contribution in [0.2, 0.25) is 10.0 Å². The Kier molecular flexibility index (Phi) is 2.96. The molecule has 2 N–H and O–H groups in total. The minimum absolute atomic E-state index is 0.0101. The molecule has 2 aromatic heterocycles. The average molecular weight is 335 g/mol. The summed E-state index contributed by atoms with van der Waals surface area (Å²) in [5.41, 5.74) is 8.37. The van der Waals surface area contributed by atoms with Crippen LogP contribution >= 0.6 is 23.2 Å². The highest BCUT2D eigenvalue weighted by Gasteiger charge is 2.27. The number of hydrogen-bond donors (Lipinski definition) is 1. The quantitative estimate of drug-likeness (QED) is 0.730. The lowest BCUT2D eigenvalue weighted by molar-refractivity contribution is 0.739. The molecule has 7 heteroatoms. The first kappa shape index (κ1) is 13.7. The molecule has 112 valence electrons. The summed E-state index contributed by atoms with van der Waals surface area (Å²) in [6.45, 7) is 0. The van der Waals surface area contributed by atoms with E-state index in [0.717, 1.165) is 23.9 Å². The van der Waals surface area contributed by atoms with Crippen molar-refractivity contribution >= 4 is 39.9 Å². The summed E-state index contributed by atoms with van der Waals surface area (Å²) in [7, 11) is 0. The smallest absolute Gasteiger partial charge is 0.251 e. The van der Waals surface area contributed by atoms with E-state index in [1.807, 2.05) is 0 Å². The van der Waals surface area contributed by atoms with Gasteiger partial charge in [0.25, 0.3) is 5.56 Å². The molecule has 0 radical (unpaired) electrons. The largest absolute Gasteiger partial charge is 0.399 e. The fraction of sp³-hybridized carbons (Fsp3) is 0.200. The number of fused-ring (bicyclic) bond motifs is 1. The third-order valence-electron chi connectivity index (χ3n) is 3.83. The summed E-state index contributed by atoms with van der Waals surface area (Å²) in [4.78, 5) is 12.1. The van der Waals surface area contributed by atoms with Gasteiger partial charge < -0.3 is 10.3 Å². The first-order valence-electron chi connectivity index (χ1n) is 6.90. The maximum atomic E-state index is 12.1.